The highest BCUT2D eigenvalue weighted by Crippen LogP contribution is 2.12. The Labute approximate surface area is 137 Å². The van der Waals surface area contributed by atoms with Crippen LogP contribution in [0.2, 0.25) is 0 Å². The Bertz CT molecular complexity index is 651. The maximum atomic E-state index is 11.9. The number of ether oxygens (including phenoxy) is 1. The molecule has 4 nitrogen and oxygen atoms in total. The molecule has 1 N–H and O–H groups in total. The monoisotopic (exact) mass is 361 g/mol. The van der Waals surface area contributed by atoms with Gasteiger partial charge in [-0.2, -0.15) is 0 Å². The van der Waals surface area contributed by atoms with Gasteiger partial charge >= 0.3 is 5.97 Å². The number of carbonyl (C=O) groups excluding carboxylic acids is 2. The number of amides is 1. The highest BCUT2D eigenvalue weighted by atomic mass is 79.9. The Kier molecular flexibility index (Phi) is 5.72. The van der Waals surface area contributed by atoms with Crippen molar-refractivity contribution in [2.75, 3.05) is 6.54 Å². The lowest BCUT2D eigenvalue weighted by atomic mass is 10.2. The van der Waals surface area contributed by atoms with Crippen molar-refractivity contribution in [3.8, 4) is 5.75 Å². The van der Waals surface area contributed by atoms with Gasteiger partial charge in [-0.15, -0.1) is 0 Å². The van der Waals surface area contributed by atoms with E-state index >= 15 is 0 Å². The van der Waals surface area contributed by atoms with E-state index in [0.29, 0.717) is 11.3 Å². The predicted molar refractivity (Wildman–Crippen MR) is 87.9 cm³/mol. The van der Waals surface area contributed by atoms with Crippen LogP contribution in [0.1, 0.15) is 22.3 Å². The van der Waals surface area contributed by atoms with Crippen LogP contribution >= 0.6 is 15.9 Å². The van der Waals surface area contributed by atoms with Gasteiger partial charge in [-0.1, -0.05) is 33.6 Å². The number of rotatable bonds is 5. The van der Waals surface area contributed by atoms with E-state index in [9.17, 15) is 9.59 Å². The second kappa shape index (κ2) is 7.75. The maximum Gasteiger partial charge on any atom is 0.312 e. The minimum absolute atomic E-state index is 0.121. The van der Waals surface area contributed by atoms with E-state index in [1.54, 1.807) is 36.4 Å². The van der Waals surface area contributed by atoms with Gasteiger partial charge in [0.1, 0.15) is 5.75 Å². The number of halogens is 1. The fourth-order valence-corrected chi connectivity index (χ4v) is 2.03. The molecule has 0 fully saturated rings. The highest BCUT2D eigenvalue weighted by Gasteiger charge is 2.08. The van der Waals surface area contributed by atoms with Crippen LogP contribution in [0.5, 0.6) is 5.75 Å². The maximum absolute atomic E-state index is 11.9. The number of benzene rings is 2. The van der Waals surface area contributed by atoms with Crippen LogP contribution in [-0.4, -0.2) is 18.4 Å². The average Bonchev–Trinajstić information content (AvgIpc) is 2.50. The Morgan fingerprint density at radius 3 is 2.32 bits per heavy atom. The first-order valence-corrected chi connectivity index (χ1v) is 7.65. The van der Waals surface area contributed by atoms with Crippen LogP contribution < -0.4 is 10.1 Å². The van der Waals surface area contributed by atoms with Gasteiger partial charge in [0.2, 0.25) is 0 Å². The van der Waals surface area contributed by atoms with Gasteiger partial charge in [0.05, 0.1) is 6.42 Å². The van der Waals surface area contributed by atoms with Gasteiger partial charge in [-0.05, 0) is 43.3 Å². The molecule has 0 unspecified atom stereocenters. The molecule has 0 spiro atoms. The molecule has 2 rings (SSSR count). The van der Waals surface area contributed by atoms with Crippen molar-refractivity contribution in [3.05, 3.63) is 64.1 Å². The Balaban J connectivity index is 1.75. The first kappa shape index (κ1) is 16.2. The molecule has 22 heavy (non-hydrogen) atoms. The quantitative estimate of drug-likeness (QED) is 0.655. The van der Waals surface area contributed by atoms with Crippen LogP contribution in [0.15, 0.2) is 53.0 Å². The lowest BCUT2D eigenvalue weighted by molar-refractivity contribution is -0.134. The number of hydrogen-bond donors (Lipinski definition) is 1. The smallest absolute Gasteiger partial charge is 0.312 e. The van der Waals surface area contributed by atoms with Crippen molar-refractivity contribution >= 4 is 27.8 Å². The topological polar surface area (TPSA) is 55.4 Å². The van der Waals surface area contributed by atoms with Crippen molar-refractivity contribution in [2.24, 2.45) is 0 Å². The molecular weight excluding hydrogens is 346 g/mol. The minimum Gasteiger partial charge on any atom is -0.426 e. The highest BCUT2D eigenvalue weighted by molar-refractivity contribution is 9.10. The zero-order valence-corrected chi connectivity index (χ0v) is 13.7. The third-order valence-electron chi connectivity index (χ3n) is 2.97. The molecular formula is C17H16BrNO3. The summed E-state index contributed by atoms with van der Waals surface area (Å²) in [5.41, 5.74) is 1.65. The molecule has 0 aliphatic heterocycles. The van der Waals surface area contributed by atoms with Crippen molar-refractivity contribution in [1.82, 2.24) is 5.32 Å². The minimum atomic E-state index is -0.375. The predicted octanol–water partition coefficient (Wildman–Crippen LogP) is 3.48. The summed E-state index contributed by atoms with van der Waals surface area (Å²) < 4.78 is 6.08. The fourth-order valence-electron chi connectivity index (χ4n) is 1.77. The summed E-state index contributed by atoms with van der Waals surface area (Å²) >= 11 is 3.31. The molecule has 0 aliphatic rings. The van der Waals surface area contributed by atoms with Crippen molar-refractivity contribution in [1.29, 1.82) is 0 Å². The summed E-state index contributed by atoms with van der Waals surface area (Å²) in [7, 11) is 0. The standard InChI is InChI=1S/C17H16BrNO3/c1-12-2-8-15(9-3-12)22-16(20)10-11-19-17(21)13-4-6-14(18)7-5-13/h2-9H,10-11H2,1H3,(H,19,21). The molecule has 114 valence electrons. The molecule has 1 amide bonds. The first-order valence-electron chi connectivity index (χ1n) is 6.86. The summed E-state index contributed by atoms with van der Waals surface area (Å²) in [4.78, 5) is 23.5. The van der Waals surface area contributed by atoms with Gasteiger partial charge in [-0.25, -0.2) is 0 Å². The Hall–Kier alpha value is -2.14. The van der Waals surface area contributed by atoms with Crippen molar-refractivity contribution < 1.29 is 14.3 Å². The van der Waals surface area contributed by atoms with E-state index in [-0.39, 0.29) is 24.8 Å². The Morgan fingerprint density at radius 1 is 1.05 bits per heavy atom. The molecule has 5 heteroatoms. The number of carbonyl (C=O) groups is 2. The largest absolute Gasteiger partial charge is 0.426 e. The first-order chi connectivity index (χ1) is 10.5. The molecule has 2 aromatic carbocycles. The molecule has 2 aromatic rings. The second-order valence-electron chi connectivity index (χ2n) is 4.80. The summed E-state index contributed by atoms with van der Waals surface area (Å²) in [6, 6.07) is 14.2. The van der Waals surface area contributed by atoms with E-state index in [2.05, 4.69) is 21.2 Å². The molecule has 0 saturated carbocycles. The van der Waals surface area contributed by atoms with E-state index in [0.717, 1.165) is 10.0 Å². The zero-order chi connectivity index (χ0) is 15.9. The lowest BCUT2D eigenvalue weighted by Gasteiger charge is -2.06. The van der Waals surface area contributed by atoms with Gasteiger partial charge < -0.3 is 10.1 Å². The number of nitrogens with one attached hydrogen (secondary N) is 1. The van der Waals surface area contributed by atoms with Crippen LogP contribution in [0.3, 0.4) is 0 Å². The van der Waals surface area contributed by atoms with E-state index < -0.39 is 0 Å². The average molecular weight is 362 g/mol. The molecule has 0 aromatic heterocycles. The van der Waals surface area contributed by atoms with Crippen LogP contribution in [0, 0.1) is 6.92 Å². The SMILES string of the molecule is Cc1ccc(OC(=O)CCNC(=O)c2ccc(Br)cc2)cc1. The third kappa shape index (κ3) is 5.00. The van der Waals surface area contributed by atoms with E-state index in [4.69, 9.17) is 4.74 Å². The van der Waals surface area contributed by atoms with Gasteiger partial charge in [-0.3, -0.25) is 9.59 Å². The Morgan fingerprint density at radius 2 is 1.68 bits per heavy atom. The second-order valence-corrected chi connectivity index (χ2v) is 5.72. The number of aryl methyl sites for hydroxylation is 1. The van der Waals surface area contributed by atoms with Crippen molar-refractivity contribution in [3.63, 3.8) is 0 Å². The lowest BCUT2D eigenvalue weighted by Crippen LogP contribution is -2.27. The molecule has 0 radical (unpaired) electrons. The number of esters is 1. The van der Waals surface area contributed by atoms with Crippen LogP contribution in [0.25, 0.3) is 0 Å². The van der Waals surface area contributed by atoms with E-state index in [1.807, 2.05) is 19.1 Å². The van der Waals surface area contributed by atoms with Crippen molar-refractivity contribution in [2.45, 2.75) is 13.3 Å². The summed E-state index contributed by atoms with van der Waals surface area (Å²) in [6.45, 7) is 2.20. The van der Waals surface area contributed by atoms with Gasteiger partial charge in [0.15, 0.2) is 0 Å². The van der Waals surface area contributed by atoms with Crippen LogP contribution in [-0.2, 0) is 4.79 Å². The zero-order valence-electron chi connectivity index (χ0n) is 12.1. The molecule has 0 atom stereocenters. The molecule has 0 saturated heterocycles. The molecule has 0 bridgehead atoms. The number of hydrogen-bond acceptors (Lipinski definition) is 3. The summed E-state index contributed by atoms with van der Waals surface area (Å²) in [5.74, 6) is -0.0783. The van der Waals surface area contributed by atoms with Gasteiger partial charge in [0, 0.05) is 16.6 Å². The normalized spacial score (nSPS) is 10.1. The van der Waals surface area contributed by atoms with Gasteiger partial charge in [0.25, 0.3) is 5.91 Å². The summed E-state index contributed by atoms with van der Waals surface area (Å²) in [6.07, 6.45) is 0.121. The third-order valence-corrected chi connectivity index (χ3v) is 3.50. The summed E-state index contributed by atoms with van der Waals surface area (Å²) in [5, 5.41) is 2.69. The molecule has 0 aliphatic carbocycles. The molecule has 0 heterocycles. The fraction of sp³-hybridized carbons (Fsp3) is 0.176. The van der Waals surface area contributed by atoms with Crippen LogP contribution in [0.4, 0.5) is 0 Å². The van der Waals surface area contributed by atoms with E-state index in [1.165, 1.54) is 0 Å².